The second-order valence-electron chi connectivity index (χ2n) is 5.29. The molecule has 0 atom stereocenters. The summed E-state index contributed by atoms with van der Waals surface area (Å²) in [4.78, 5) is 30.5. The third kappa shape index (κ3) is 3.96. The lowest BCUT2D eigenvalue weighted by atomic mass is 9.98. The quantitative estimate of drug-likeness (QED) is 0.554. The minimum atomic E-state index is -4.96. The van der Waals surface area contributed by atoms with Crippen LogP contribution in [0.15, 0.2) is 21.0 Å². The molecule has 5 nitrogen and oxygen atoms in total. The van der Waals surface area contributed by atoms with E-state index in [1.165, 1.54) is 0 Å². The average Bonchev–Trinajstić information content (AvgIpc) is 3.06. The van der Waals surface area contributed by atoms with Crippen LogP contribution in [0.5, 0.6) is 0 Å². The highest BCUT2D eigenvalue weighted by Crippen LogP contribution is 2.43. The molecular weight excluding hydrogens is 412 g/mol. The average molecular weight is 425 g/mol. The summed E-state index contributed by atoms with van der Waals surface area (Å²) in [5, 5.41) is -0.365. The molecule has 2 N–H and O–H groups in total. The fraction of sp³-hybridized carbons (Fsp3) is 0.312. The number of fused-ring (bicyclic) bond motifs is 1. The number of aromatic nitrogens is 3. The first-order valence-electron chi connectivity index (χ1n) is 7.80. The van der Waals surface area contributed by atoms with Gasteiger partial charge in [-0.25, -0.2) is 9.78 Å². The molecule has 0 bridgehead atoms. The highest BCUT2D eigenvalue weighted by molar-refractivity contribution is 7.13. The zero-order chi connectivity index (χ0) is 21.4. The van der Waals surface area contributed by atoms with Gasteiger partial charge in [0.1, 0.15) is 5.01 Å². The Morgan fingerprint density at radius 1 is 1.00 bits per heavy atom. The van der Waals surface area contributed by atoms with Gasteiger partial charge in [0.15, 0.2) is 5.69 Å². The molecule has 0 radical (unpaired) electrons. The minimum Gasteiger partial charge on any atom is -0.307 e. The van der Waals surface area contributed by atoms with Gasteiger partial charge in [-0.15, -0.1) is 11.3 Å². The molecule has 1 aromatic carbocycles. The second kappa shape index (κ2) is 7.41. The molecule has 0 amide bonds. The predicted octanol–water partition coefficient (Wildman–Crippen LogP) is 4.71. The van der Waals surface area contributed by atoms with Gasteiger partial charge in [-0.3, -0.25) is 9.78 Å². The van der Waals surface area contributed by atoms with Crippen molar-refractivity contribution in [1.29, 1.82) is 0 Å². The molecule has 0 saturated heterocycles. The van der Waals surface area contributed by atoms with E-state index in [0.717, 1.165) is 6.92 Å². The smallest absolute Gasteiger partial charge is 0.307 e. The Balaban J connectivity index is 0.00000136. The number of nitrogens with zero attached hydrogens (tertiary/aromatic N) is 1. The summed E-state index contributed by atoms with van der Waals surface area (Å²) in [6.07, 6.45) is -9.77. The van der Waals surface area contributed by atoms with Crippen LogP contribution in [0.25, 0.3) is 21.5 Å². The Bertz CT molecular complexity index is 1120. The van der Waals surface area contributed by atoms with Crippen molar-refractivity contribution in [2.45, 2.75) is 33.1 Å². The largest absolute Gasteiger partial charge is 0.434 e. The zero-order valence-electron chi connectivity index (χ0n) is 14.6. The first kappa shape index (κ1) is 21.7. The third-order valence-corrected chi connectivity index (χ3v) is 4.46. The van der Waals surface area contributed by atoms with Crippen molar-refractivity contribution in [3.05, 3.63) is 49.1 Å². The fourth-order valence-corrected chi connectivity index (χ4v) is 3.43. The molecule has 0 aliphatic rings. The maximum atomic E-state index is 13.5. The van der Waals surface area contributed by atoms with Gasteiger partial charge in [0.05, 0.1) is 16.5 Å². The van der Waals surface area contributed by atoms with Gasteiger partial charge in [0, 0.05) is 10.9 Å². The van der Waals surface area contributed by atoms with Crippen LogP contribution in [-0.2, 0) is 12.4 Å². The molecule has 0 saturated carbocycles. The number of nitrogens with one attached hydrogen (secondary N) is 2. The van der Waals surface area contributed by atoms with Crippen molar-refractivity contribution in [3.8, 4) is 10.6 Å². The molecule has 2 heterocycles. The third-order valence-electron chi connectivity index (χ3n) is 3.60. The molecule has 3 aromatic rings. The molecular formula is C16H13F6N3O2S. The van der Waals surface area contributed by atoms with Crippen LogP contribution in [0.1, 0.15) is 30.7 Å². The number of rotatable bonds is 1. The monoisotopic (exact) mass is 425 g/mol. The van der Waals surface area contributed by atoms with Crippen molar-refractivity contribution in [3.63, 3.8) is 0 Å². The summed E-state index contributed by atoms with van der Waals surface area (Å²) < 4.78 is 78.6. The lowest BCUT2D eigenvalue weighted by molar-refractivity contribution is -0.140. The fourth-order valence-electron chi connectivity index (χ4n) is 2.49. The summed E-state index contributed by atoms with van der Waals surface area (Å²) in [5.41, 5.74) is -5.67. The summed E-state index contributed by atoms with van der Waals surface area (Å²) in [6.45, 7) is 5.16. The van der Waals surface area contributed by atoms with Gasteiger partial charge in [-0.05, 0) is 18.6 Å². The SMILES string of the molecule is CC.Cc1c(-c2nc(C(F)(F)F)cs2)c(C(F)(F)F)cc2c(=O)[nH]c(=O)[nH]c12. The van der Waals surface area contributed by atoms with Crippen LogP contribution in [0, 0.1) is 6.92 Å². The lowest BCUT2D eigenvalue weighted by Gasteiger charge is -2.15. The Morgan fingerprint density at radius 3 is 2.11 bits per heavy atom. The number of hydrogen-bond acceptors (Lipinski definition) is 4. The van der Waals surface area contributed by atoms with E-state index in [1.807, 2.05) is 13.8 Å². The first-order valence-corrected chi connectivity index (χ1v) is 8.67. The first-order chi connectivity index (χ1) is 12.9. The van der Waals surface area contributed by atoms with E-state index in [0.29, 0.717) is 22.8 Å². The van der Waals surface area contributed by atoms with Gasteiger partial charge >= 0.3 is 18.0 Å². The highest BCUT2D eigenvalue weighted by atomic mass is 32.1. The molecule has 3 rings (SSSR count). The lowest BCUT2D eigenvalue weighted by Crippen LogP contribution is -2.23. The molecule has 152 valence electrons. The molecule has 12 heteroatoms. The molecule has 0 spiro atoms. The number of aromatic amines is 2. The van der Waals surface area contributed by atoms with Crippen LogP contribution in [0.2, 0.25) is 0 Å². The number of alkyl halides is 6. The van der Waals surface area contributed by atoms with E-state index in [-0.39, 0.29) is 11.1 Å². The molecule has 0 aliphatic heterocycles. The highest BCUT2D eigenvalue weighted by Gasteiger charge is 2.38. The summed E-state index contributed by atoms with van der Waals surface area (Å²) in [6, 6.07) is 0.487. The standard InChI is InChI=1S/C14H7F6N3O2S.C2H6/c1-4-8(11-21-7(3-26-11)14(18,19)20)6(13(15,16)17)2-5-9(4)22-12(25)23-10(5)24;1-2/h2-3H,1H3,(H2,22,23,24,25);1-2H3. The van der Waals surface area contributed by atoms with Crippen molar-refractivity contribution in [2.75, 3.05) is 0 Å². The number of H-pyrrole nitrogens is 2. The van der Waals surface area contributed by atoms with Crippen LogP contribution < -0.4 is 11.2 Å². The number of benzene rings is 1. The molecule has 28 heavy (non-hydrogen) atoms. The van der Waals surface area contributed by atoms with Gasteiger partial charge in [0.25, 0.3) is 5.56 Å². The Hall–Kier alpha value is -2.63. The van der Waals surface area contributed by atoms with Gasteiger partial charge < -0.3 is 4.98 Å². The predicted molar refractivity (Wildman–Crippen MR) is 92.4 cm³/mol. The molecule has 0 aliphatic carbocycles. The van der Waals surface area contributed by atoms with Gasteiger partial charge in [-0.2, -0.15) is 26.3 Å². The Kier molecular flexibility index (Phi) is 5.74. The van der Waals surface area contributed by atoms with E-state index >= 15 is 0 Å². The van der Waals surface area contributed by atoms with Crippen molar-refractivity contribution < 1.29 is 26.3 Å². The summed E-state index contributed by atoms with van der Waals surface area (Å²) in [7, 11) is 0. The number of hydrogen-bond donors (Lipinski definition) is 2. The van der Waals surface area contributed by atoms with Crippen molar-refractivity contribution in [1.82, 2.24) is 15.0 Å². The second-order valence-corrected chi connectivity index (χ2v) is 6.15. The van der Waals surface area contributed by atoms with E-state index in [4.69, 9.17) is 0 Å². The van der Waals surface area contributed by atoms with Crippen LogP contribution in [0.3, 0.4) is 0 Å². The number of aryl methyl sites for hydroxylation is 1. The van der Waals surface area contributed by atoms with E-state index < -0.39 is 50.8 Å². The minimum absolute atomic E-state index is 0.203. The van der Waals surface area contributed by atoms with Crippen molar-refractivity contribution >= 4 is 22.2 Å². The Morgan fingerprint density at radius 2 is 1.61 bits per heavy atom. The van der Waals surface area contributed by atoms with Crippen LogP contribution in [-0.4, -0.2) is 15.0 Å². The van der Waals surface area contributed by atoms with E-state index in [2.05, 4.69) is 9.97 Å². The Labute approximate surface area is 157 Å². The van der Waals surface area contributed by atoms with Crippen LogP contribution in [0.4, 0.5) is 26.3 Å². The number of thiazole rings is 1. The van der Waals surface area contributed by atoms with E-state index in [9.17, 15) is 35.9 Å². The summed E-state index contributed by atoms with van der Waals surface area (Å²) >= 11 is 0.382. The van der Waals surface area contributed by atoms with Gasteiger partial charge in [0.2, 0.25) is 0 Å². The molecule has 0 unspecified atom stereocenters. The van der Waals surface area contributed by atoms with Crippen LogP contribution >= 0.6 is 11.3 Å². The molecule has 0 fully saturated rings. The van der Waals surface area contributed by atoms with Gasteiger partial charge in [-0.1, -0.05) is 13.8 Å². The van der Waals surface area contributed by atoms with E-state index in [1.54, 1.807) is 4.98 Å². The number of halogens is 6. The summed E-state index contributed by atoms with van der Waals surface area (Å²) in [5.74, 6) is 0. The zero-order valence-corrected chi connectivity index (χ0v) is 15.4. The maximum absolute atomic E-state index is 13.5. The maximum Gasteiger partial charge on any atom is 0.434 e. The molecule has 2 aromatic heterocycles. The topological polar surface area (TPSA) is 78.6 Å². The van der Waals surface area contributed by atoms with Crippen molar-refractivity contribution in [2.24, 2.45) is 0 Å². The normalized spacial score (nSPS) is 12.0.